The number of carboxylic acid groups (broad SMARTS) is 1. The molecule has 0 bridgehead atoms. The van der Waals surface area contributed by atoms with Crippen molar-refractivity contribution in [3.8, 4) is 0 Å². The molecule has 1 N–H and O–H groups in total. The van der Waals surface area contributed by atoms with Crippen LogP contribution < -0.4 is 0 Å². The van der Waals surface area contributed by atoms with Gasteiger partial charge in [0.1, 0.15) is 11.3 Å². The minimum absolute atomic E-state index is 0.307. The number of nitrogens with zero attached hydrogens (tertiary/aromatic N) is 2. The Kier molecular flexibility index (Phi) is 5.19. The van der Waals surface area contributed by atoms with Gasteiger partial charge in [-0.05, 0) is 39.8 Å². The van der Waals surface area contributed by atoms with E-state index in [9.17, 15) is 14.7 Å². The lowest BCUT2D eigenvalue weighted by Gasteiger charge is -2.37. The van der Waals surface area contributed by atoms with Crippen LogP contribution in [0.4, 0.5) is 4.79 Å². The number of hydrogen-bond donors (Lipinski definition) is 1. The molecule has 0 aliphatic heterocycles. The smallest absolute Gasteiger partial charge is 0.329 e. The Labute approximate surface area is 119 Å². The van der Waals surface area contributed by atoms with Crippen LogP contribution in [0.2, 0.25) is 0 Å². The van der Waals surface area contributed by atoms with Crippen LogP contribution in [0, 0.1) is 0 Å². The molecule has 0 saturated heterocycles. The number of carbonyl (C=O) groups is 2. The Hall–Kier alpha value is -1.98. The van der Waals surface area contributed by atoms with Gasteiger partial charge in [-0.1, -0.05) is 0 Å². The molecule has 0 saturated carbocycles. The van der Waals surface area contributed by atoms with Crippen LogP contribution in [0.15, 0.2) is 22.8 Å². The Bertz CT molecular complexity index is 454. The Morgan fingerprint density at radius 1 is 1.30 bits per heavy atom. The third-order valence-corrected chi connectivity index (χ3v) is 3.32. The summed E-state index contributed by atoms with van der Waals surface area (Å²) in [5.41, 5.74) is -1.25. The van der Waals surface area contributed by atoms with E-state index in [0.717, 1.165) is 0 Å². The number of furan rings is 1. The van der Waals surface area contributed by atoms with E-state index in [-0.39, 0.29) is 6.03 Å². The lowest BCUT2D eigenvalue weighted by Crippen LogP contribution is -2.56. The maximum atomic E-state index is 12.5. The van der Waals surface area contributed by atoms with Crippen LogP contribution in [0.1, 0.15) is 33.5 Å². The van der Waals surface area contributed by atoms with Gasteiger partial charge in [0, 0.05) is 13.1 Å². The van der Waals surface area contributed by atoms with E-state index in [1.807, 2.05) is 6.92 Å². The summed E-state index contributed by atoms with van der Waals surface area (Å²) in [6.45, 7) is 7.80. The van der Waals surface area contributed by atoms with Crippen molar-refractivity contribution in [2.75, 3.05) is 13.1 Å². The summed E-state index contributed by atoms with van der Waals surface area (Å²) in [5.74, 6) is -0.355. The molecule has 0 fully saturated rings. The third kappa shape index (κ3) is 3.31. The Balaban J connectivity index is 2.90. The number of aliphatic carboxylic acids is 1. The molecule has 1 aromatic heterocycles. The number of likely N-dealkylation sites (N-methyl/N-ethyl adjacent to an activating group) is 1. The molecule has 0 aliphatic rings. The van der Waals surface area contributed by atoms with Crippen molar-refractivity contribution >= 4 is 12.0 Å². The standard InChI is InChI=1S/C14H22N2O4/c1-5-15(10-11-8-7-9-20-11)13(19)16(6-2)14(3,4)12(17)18/h7-9H,5-6,10H2,1-4H3,(H,17,18). The lowest BCUT2D eigenvalue weighted by molar-refractivity contribution is -0.147. The average molecular weight is 282 g/mol. The molecule has 20 heavy (non-hydrogen) atoms. The normalized spacial score (nSPS) is 11.2. The topological polar surface area (TPSA) is 74.0 Å². The van der Waals surface area contributed by atoms with Gasteiger partial charge in [0.05, 0.1) is 12.8 Å². The molecule has 0 spiro atoms. The Morgan fingerprint density at radius 3 is 2.35 bits per heavy atom. The van der Waals surface area contributed by atoms with Gasteiger partial charge >= 0.3 is 12.0 Å². The molecule has 1 rings (SSSR count). The first kappa shape index (κ1) is 16.1. The summed E-state index contributed by atoms with van der Waals surface area (Å²) < 4.78 is 5.23. The maximum absolute atomic E-state index is 12.5. The summed E-state index contributed by atoms with van der Waals surface area (Å²) in [6, 6.07) is 3.24. The van der Waals surface area contributed by atoms with E-state index in [1.54, 1.807) is 30.2 Å². The van der Waals surface area contributed by atoms with Crippen LogP contribution in [-0.4, -0.2) is 45.5 Å². The minimum Gasteiger partial charge on any atom is -0.480 e. The second-order valence-electron chi connectivity index (χ2n) is 4.98. The molecule has 0 radical (unpaired) electrons. The highest BCUT2D eigenvalue weighted by Crippen LogP contribution is 2.18. The summed E-state index contributed by atoms with van der Waals surface area (Å²) in [4.78, 5) is 26.8. The minimum atomic E-state index is -1.25. The fourth-order valence-corrected chi connectivity index (χ4v) is 1.96. The largest absolute Gasteiger partial charge is 0.480 e. The second kappa shape index (κ2) is 6.45. The zero-order valence-electron chi connectivity index (χ0n) is 12.4. The summed E-state index contributed by atoms with van der Waals surface area (Å²) in [6.07, 6.45) is 1.55. The first-order chi connectivity index (χ1) is 9.34. The lowest BCUT2D eigenvalue weighted by atomic mass is 10.0. The van der Waals surface area contributed by atoms with Crippen molar-refractivity contribution in [2.45, 2.75) is 39.8 Å². The first-order valence-corrected chi connectivity index (χ1v) is 6.66. The fraction of sp³-hybridized carbons (Fsp3) is 0.571. The third-order valence-electron chi connectivity index (χ3n) is 3.32. The van der Waals surface area contributed by atoms with E-state index in [1.165, 1.54) is 18.7 Å². The van der Waals surface area contributed by atoms with Gasteiger partial charge in [-0.25, -0.2) is 9.59 Å². The van der Waals surface area contributed by atoms with Crippen LogP contribution in [0.25, 0.3) is 0 Å². The number of carbonyl (C=O) groups excluding carboxylic acids is 1. The molecule has 0 aromatic carbocycles. The van der Waals surface area contributed by atoms with Crippen molar-refractivity contribution in [1.82, 2.24) is 9.80 Å². The fourth-order valence-electron chi connectivity index (χ4n) is 1.96. The van der Waals surface area contributed by atoms with Gasteiger partial charge in [0.25, 0.3) is 0 Å². The van der Waals surface area contributed by atoms with Gasteiger partial charge in [-0.15, -0.1) is 0 Å². The van der Waals surface area contributed by atoms with Gasteiger partial charge in [-0.3, -0.25) is 0 Å². The Morgan fingerprint density at radius 2 is 1.95 bits per heavy atom. The summed E-state index contributed by atoms with van der Waals surface area (Å²) in [5, 5.41) is 9.27. The van der Waals surface area contributed by atoms with Crippen LogP contribution in [0.3, 0.4) is 0 Å². The van der Waals surface area contributed by atoms with Crippen LogP contribution >= 0.6 is 0 Å². The molecule has 6 heteroatoms. The monoisotopic (exact) mass is 282 g/mol. The zero-order chi connectivity index (χ0) is 15.3. The van der Waals surface area contributed by atoms with Gasteiger partial charge in [0.15, 0.2) is 0 Å². The molecule has 1 heterocycles. The molecule has 1 aromatic rings. The molecule has 112 valence electrons. The molecule has 0 atom stereocenters. The number of amides is 2. The van der Waals surface area contributed by atoms with E-state index in [2.05, 4.69) is 0 Å². The molecule has 0 unspecified atom stereocenters. The van der Waals surface area contributed by atoms with Crippen molar-refractivity contribution in [1.29, 1.82) is 0 Å². The predicted molar refractivity (Wildman–Crippen MR) is 74.3 cm³/mol. The zero-order valence-corrected chi connectivity index (χ0v) is 12.4. The highest BCUT2D eigenvalue weighted by Gasteiger charge is 2.38. The van der Waals surface area contributed by atoms with E-state index >= 15 is 0 Å². The first-order valence-electron chi connectivity index (χ1n) is 6.66. The van der Waals surface area contributed by atoms with Crippen molar-refractivity contribution in [3.63, 3.8) is 0 Å². The van der Waals surface area contributed by atoms with E-state index in [0.29, 0.717) is 25.4 Å². The van der Waals surface area contributed by atoms with Gasteiger partial charge in [-0.2, -0.15) is 0 Å². The predicted octanol–water partition coefficient (Wildman–Crippen LogP) is 2.41. The molecular formula is C14H22N2O4. The number of rotatable bonds is 6. The highest BCUT2D eigenvalue weighted by atomic mass is 16.4. The summed E-state index contributed by atoms with van der Waals surface area (Å²) in [7, 11) is 0. The molecule has 6 nitrogen and oxygen atoms in total. The highest BCUT2D eigenvalue weighted by molar-refractivity contribution is 5.85. The van der Waals surface area contributed by atoms with Gasteiger partial charge in [0.2, 0.25) is 0 Å². The number of urea groups is 1. The second-order valence-corrected chi connectivity index (χ2v) is 4.98. The quantitative estimate of drug-likeness (QED) is 0.869. The SMILES string of the molecule is CCN(Cc1ccco1)C(=O)N(CC)C(C)(C)C(=O)O. The molecule has 2 amide bonds. The van der Waals surface area contributed by atoms with E-state index in [4.69, 9.17) is 4.42 Å². The van der Waals surface area contributed by atoms with Crippen molar-refractivity contribution in [2.24, 2.45) is 0 Å². The summed E-state index contributed by atoms with van der Waals surface area (Å²) >= 11 is 0. The van der Waals surface area contributed by atoms with Crippen molar-refractivity contribution < 1.29 is 19.1 Å². The van der Waals surface area contributed by atoms with Gasteiger partial charge < -0.3 is 19.3 Å². The maximum Gasteiger partial charge on any atom is 0.329 e. The van der Waals surface area contributed by atoms with Crippen LogP contribution in [-0.2, 0) is 11.3 Å². The molecular weight excluding hydrogens is 260 g/mol. The number of hydrogen-bond acceptors (Lipinski definition) is 3. The van der Waals surface area contributed by atoms with Crippen LogP contribution in [0.5, 0.6) is 0 Å². The van der Waals surface area contributed by atoms with E-state index < -0.39 is 11.5 Å². The van der Waals surface area contributed by atoms with Crippen molar-refractivity contribution in [3.05, 3.63) is 24.2 Å². The molecule has 0 aliphatic carbocycles. The average Bonchev–Trinajstić information content (AvgIpc) is 2.88. The number of carboxylic acids is 1.